The summed E-state index contributed by atoms with van der Waals surface area (Å²) in [5.74, 6) is -3.55. The van der Waals surface area contributed by atoms with Gasteiger partial charge in [-0.05, 0) is 30.5 Å². The van der Waals surface area contributed by atoms with E-state index in [1.54, 1.807) is 24.3 Å². The zero-order chi connectivity index (χ0) is 23.0. The van der Waals surface area contributed by atoms with Crippen molar-refractivity contribution in [2.45, 2.75) is 25.3 Å². The molecule has 176 valence electrons. The molecule has 5 N–H and O–H groups in total. The summed E-state index contributed by atoms with van der Waals surface area (Å²) in [6, 6.07) is 5.63. The van der Waals surface area contributed by atoms with Crippen molar-refractivity contribution in [1.82, 2.24) is 15.1 Å². The minimum atomic E-state index is -1.18. The van der Waals surface area contributed by atoms with Gasteiger partial charge in [0, 0.05) is 31.6 Å². The van der Waals surface area contributed by atoms with Crippen LogP contribution in [0.25, 0.3) is 0 Å². The number of hydrogen-bond donors (Lipinski definition) is 4. The van der Waals surface area contributed by atoms with Crippen molar-refractivity contribution in [2.24, 2.45) is 5.73 Å². The molecule has 0 saturated carbocycles. The zero-order valence-corrected chi connectivity index (χ0v) is 18.2. The predicted octanol–water partition coefficient (Wildman–Crippen LogP) is -0.672. The van der Waals surface area contributed by atoms with Gasteiger partial charge in [0.2, 0.25) is 11.8 Å². The fraction of sp³-hybridized carbons (Fsp3) is 0.450. The van der Waals surface area contributed by atoms with E-state index in [2.05, 4.69) is 5.32 Å². The molecule has 12 heteroatoms. The number of nitrogens with zero attached hydrogens (tertiary/aromatic N) is 2. The van der Waals surface area contributed by atoms with Crippen LogP contribution in [0.2, 0.25) is 0 Å². The van der Waals surface area contributed by atoms with Crippen LogP contribution in [0.5, 0.6) is 0 Å². The highest BCUT2D eigenvalue weighted by Crippen LogP contribution is 2.20. The molecule has 0 aliphatic carbocycles. The third-order valence-corrected chi connectivity index (χ3v) is 4.92. The lowest BCUT2D eigenvalue weighted by Crippen LogP contribution is -2.59. The first-order chi connectivity index (χ1) is 14.7. The lowest BCUT2D eigenvalue weighted by molar-refractivity contribution is -0.150. The molecule has 1 saturated heterocycles. The van der Waals surface area contributed by atoms with Crippen LogP contribution in [0.3, 0.4) is 0 Å². The Labute approximate surface area is 190 Å². The topological polar surface area (TPSA) is 170 Å². The number of nitrogens with one attached hydrogen (secondary N) is 1. The second kappa shape index (κ2) is 12.6. The molecular weight excluding hydrogens is 444 g/mol. The fourth-order valence-electron chi connectivity index (χ4n) is 3.34. The number of amides is 3. The van der Waals surface area contributed by atoms with Gasteiger partial charge in [0.25, 0.3) is 5.91 Å². The van der Waals surface area contributed by atoms with E-state index < -0.39 is 36.3 Å². The van der Waals surface area contributed by atoms with Gasteiger partial charge >= 0.3 is 11.9 Å². The van der Waals surface area contributed by atoms with Gasteiger partial charge in [0.1, 0.15) is 12.6 Å². The average molecular weight is 471 g/mol. The standard InChI is InChI=1S/C20H26N4O7.ClH/c21-11-16(25)22-8-7-13-1-3-14(4-2-13)19(30)24-10-9-23(12-18(28)29)20(31)15(24)5-6-17(26)27;/h1-4,15H,5-12,21H2,(H,22,25)(H,26,27)(H,28,29);1H/t15-;/m0./s1. The summed E-state index contributed by atoms with van der Waals surface area (Å²) in [5.41, 5.74) is 6.44. The molecule has 0 bridgehead atoms. The summed E-state index contributed by atoms with van der Waals surface area (Å²) in [6.07, 6.45) is 0.122. The van der Waals surface area contributed by atoms with Gasteiger partial charge in [-0.25, -0.2) is 0 Å². The Balaban J connectivity index is 0.00000512. The van der Waals surface area contributed by atoms with E-state index in [9.17, 15) is 24.0 Å². The Bertz CT molecular complexity index is 847. The Morgan fingerprint density at radius 1 is 1.06 bits per heavy atom. The Hall–Kier alpha value is -3.18. The van der Waals surface area contributed by atoms with Crippen molar-refractivity contribution < 1.29 is 34.2 Å². The molecule has 1 aromatic carbocycles. The SMILES string of the molecule is Cl.NCC(=O)NCCc1ccc(C(=O)N2CCN(CC(=O)O)C(=O)[C@@H]2CCC(=O)O)cc1. The number of carboxylic acid groups (broad SMARTS) is 2. The molecule has 32 heavy (non-hydrogen) atoms. The van der Waals surface area contributed by atoms with Gasteiger partial charge < -0.3 is 31.1 Å². The molecule has 11 nitrogen and oxygen atoms in total. The van der Waals surface area contributed by atoms with E-state index in [4.69, 9.17) is 15.9 Å². The van der Waals surface area contributed by atoms with E-state index in [0.717, 1.165) is 10.5 Å². The highest BCUT2D eigenvalue weighted by molar-refractivity contribution is 5.98. The van der Waals surface area contributed by atoms with Crippen LogP contribution in [0, 0.1) is 0 Å². The Kier molecular flexibility index (Phi) is 10.6. The Morgan fingerprint density at radius 3 is 2.28 bits per heavy atom. The van der Waals surface area contributed by atoms with Crippen LogP contribution in [0.4, 0.5) is 0 Å². The summed E-state index contributed by atoms with van der Waals surface area (Å²) < 4.78 is 0. The van der Waals surface area contributed by atoms with E-state index in [0.29, 0.717) is 18.5 Å². The number of piperazine rings is 1. The van der Waals surface area contributed by atoms with Crippen molar-refractivity contribution in [3.63, 3.8) is 0 Å². The summed E-state index contributed by atoms with van der Waals surface area (Å²) in [5, 5.41) is 20.6. The third-order valence-electron chi connectivity index (χ3n) is 4.92. The average Bonchev–Trinajstić information content (AvgIpc) is 2.73. The van der Waals surface area contributed by atoms with Crippen LogP contribution in [-0.4, -0.2) is 88.4 Å². The first-order valence-electron chi connectivity index (χ1n) is 9.82. The lowest BCUT2D eigenvalue weighted by Gasteiger charge is -2.40. The molecule has 0 spiro atoms. The van der Waals surface area contributed by atoms with Gasteiger partial charge in [-0.2, -0.15) is 0 Å². The Morgan fingerprint density at radius 2 is 1.72 bits per heavy atom. The highest BCUT2D eigenvalue weighted by atomic mass is 35.5. The summed E-state index contributed by atoms with van der Waals surface area (Å²) >= 11 is 0. The van der Waals surface area contributed by atoms with E-state index in [1.807, 2.05) is 0 Å². The predicted molar refractivity (Wildman–Crippen MR) is 115 cm³/mol. The molecule has 1 aliphatic heterocycles. The van der Waals surface area contributed by atoms with Crippen LogP contribution in [0.15, 0.2) is 24.3 Å². The maximum atomic E-state index is 13.0. The molecule has 1 atom stereocenters. The normalized spacial score (nSPS) is 15.7. The van der Waals surface area contributed by atoms with E-state index >= 15 is 0 Å². The summed E-state index contributed by atoms with van der Waals surface area (Å²) in [4.78, 5) is 61.3. The van der Waals surface area contributed by atoms with Crippen molar-refractivity contribution >= 4 is 42.1 Å². The van der Waals surface area contributed by atoms with Gasteiger partial charge in [0.05, 0.1) is 6.54 Å². The fourth-order valence-corrected chi connectivity index (χ4v) is 3.34. The quantitative estimate of drug-likeness (QED) is 0.348. The van der Waals surface area contributed by atoms with Crippen LogP contribution in [0.1, 0.15) is 28.8 Å². The lowest BCUT2D eigenvalue weighted by atomic mass is 10.0. The number of carbonyl (C=O) groups excluding carboxylic acids is 3. The largest absolute Gasteiger partial charge is 0.481 e. The number of carbonyl (C=O) groups is 5. The molecule has 0 aromatic heterocycles. The molecule has 1 aromatic rings. The van der Waals surface area contributed by atoms with Crippen LogP contribution in [-0.2, 0) is 25.6 Å². The maximum Gasteiger partial charge on any atom is 0.323 e. The number of rotatable bonds is 10. The molecule has 3 amide bonds. The van der Waals surface area contributed by atoms with Crippen LogP contribution < -0.4 is 11.1 Å². The minimum Gasteiger partial charge on any atom is -0.481 e. The first kappa shape index (κ1) is 26.9. The minimum absolute atomic E-state index is 0. The first-order valence-corrected chi connectivity index (χ1v) is 9.82. The second-order valence-corrected chi connectivity index (χ2v) is 7.10. The molecule has 0 unspecified atom stereocenters. The number of halogens is 1. The van der Waals surface area contributed by atoms with Crippen molar-refractivity contribution in [3.05, 3.63) is 35.4 Å². The number of carboxylic acids is 2. The molecular formula is C20H27ClN4O7. The van der Waals surface area contributed by atoms with Gasteiger partial charge in [-0.3, -0.25) is 24.0 Å². The molecule has 2 rings (SSSR count). The molecule has 1 fully saturated rings. The summed E-state index contributed by atoms with van der Waals surface area (Å²) in [7, 11) is 0. The number of hydrogen-bond acceptors (Lipinski definition) is 6. The van der Waals surface area contributed by atoms with Gasteiger partial charge in [0.15, 0.2) is 0 Å². The maximum absolute atomic E-state index is 13.0. The number of aliphatic carboxylic acids is 2. The van der Waals surface area contributed by atoms with Crippen molar-refractivity contribution in [2.75, 3.05) is 32.7 Å². The monoisotopic (exact) mass is 470 g/mol. The number of benzene rings is 1. The smallest absolute Gasteiger partial charge is 0.323 e. The molecule has 1 aliphatic rings. The van der Waals surface area contributed by atoms with Crippen molar-refractivity contribution in [1.29, 1.82) is 0 Å². The highest BCUT2D eigenvalue weighted by Gasteiger charge is 2.38. The van der Waals surface area contributed by atoms with Crippen LogP contribution >= 0.6 is 12.4 Å². The summed E-state index contributed by atoms with van der Waals surface area (Å²) in [6.45, 7) is -0.0240. The van der Waals surface area contributed by atoms with Gasteiger partial charge in [-0.1, -0.05) is 12.1 Å². The molecule has 1 heterocycles. The third kappa shape index (κ3) is 7.50. The number of nitrogens with two attached hydrogens (primary N) is 1. The van der Waals surface area contributed by atoms with E-state index in [1.165, 1.54) is 4.90 Å². The zero-order valence-electron chi connectivity index (χ0n) is 17.4. The van der Waals surface area contributed by atoms with Gasteiger partial charge in [-0.15, -0.1) is 12.4 Å². The second-order valence-electron chi connectivity index (χ2n) is 7.10. The molecule has 0 radical (unpaired) electrons. The van der Waals surface area contributed by atoms with Crippen molar-refractivity contribution in [3.8, 4) is 0 Å². The van der Waals surface area contributed by atoms with E-state index in [-0.39, 0.29) is 50.8 Å².